The maximum absolute atomic E-state index is 13.0. The van der Waals surface area contributed by atoms with Gasteiger partial charge in [0.25, 0.3) is 0 Å². The van der Waals surface area contributed by atoms with E-state index < -0.39 is 5.82 Å². The Morgan fingerprint density at radius 3 is 2.61 bits per heavy atom. The van der Waals surface area contributed by atoms with Gasteiger partial charge >= 0.3 is 0 Å². The van der Waals surface area contributed by atoms with Gasteiger partial charge in [0, 0.05) is 11.3 Å². The summed E-state index contributed by atoms with van der Waals surface area (Å²) in [7, 11) is 0. The van der Waals surface area contributed by atoms with E-state index in [1.54, 1.807) is 10.7 Å². The number of halogens is 1. The van der Waals surface area contributed by atoms with E-state index in [9.17, 15) is 9.18 Å². The first-order valence-electron chi connectivity index (χ1n) is 5.78. The van der Waals surface area contributed by atoms with Crippen LogP contribution in [0.25, 0.3) is 0 Å². The summed E-state index contributed by atoms with van der Waals surface area (Å²) < 4.78 is 14.7. The number of aromatic nitrogens is 2. The lowest BCUT2D eigenvalue weighted by Gasteiger charge is -2.04. The molecule has 0 aliphatic carbocycles. The van der Waals surface area contributed by atoms with E-state index in [0.29, 0.717) is 5.56 Å². The molecule has 1 heterocycles. The maximum atomic E-state index is 13.0. The van der Waals surface area contributed by atoms with Crippen LogP contribution in [0.1, 0.15) is 27.3 Å². The third-order valence-corrected chi connectivity index (χ3v) is 3.18. The first-order chi connectivity index (χ1) is 8.49. The van der Waals surface area contributed by atoms with Crippen LogP contribution >= 0.6 is 0 Å². The first-order valence-corrected chi connectivity index (χ1v) is 5.78. The zero-order valence-corrected chi connectivity index (χ0v) is 10.7. The molecule has 0 fully saturated rings. The molecule has 0 unspecified atom stereocenters. The molecule has 0 aliphatic rings. The van der Waals surface area contributed by atoms with Crippen LogP contribution in [0.15, 0.2) is 24.3 Å². The smallest absolute Gasteiger partial charge is 0.184 e. The van der Waals surface area contributed by atoms with Crippen LogP contribution in [-0.4, -0.2) is 15.6 Å². The van der Waals surface area contributed by atoms with E-state index in [1.807, 2.05) is 20.8 Å². The Hall–Kier alpha value is -1.97. The first kappa shape index (κ1) is 12.5. The average molecular weight is 246 g/mol. The summed E-state index contributed by atoms with van der Waals surface area (Å²) in [5.41, 5.74) is 3.35. The number of nitrogens with zero attached hydrogens (tertiary/aromatic N) is 2. The van der Waals surface area contributed by atoms with Crippen molar-refractivity contribution in [1.82, 2.24) is 9.78 Å². The number of Topliss-reactive ketones (excluding diaryl/α,β-unsaturated/α-hetero) is 1. The van der Waals surface area contributed by atoms with Gasteiger partial charge in [0.1, 0.15) is 12.4 Å². The number of hydrogen-bond donors (Lipinski definition) is 0. The molecule has 1 aromatic carbocycles. The predicted octanol–water partition coefficient (Wildman–Crippen LogP) is 2.83. The van der Waals surface area contributed by atoms with Crippen LogP contribution in [0, 0.1) is 26.6 Å². The van der Waals surface area contributed by atoms with Crippen LogP contribution in [0.3, 0.4) is 0 Å². The number of carbonyl (C=O) groups is 1. The highest BCUT2D eigenvalue weighted by Crippen LogP contribution is 2.12. The number of carbonyl (C=O) groups excluding carboxylic acids is 1. The van der Waals surface area contributed by atoms with Crippen molar-refractivity contribution >= 4 is 5.78 Å². The number of benzene rings is 1. The fourth-order valence-corrected chi connectivity index (χ4v) is 1.83. The zero-order chi connectivity index (χ0) is 13.3. The van der Waals surface area contributed by atoms with Crippen LogP contribution in [0.5, 0.6) is 0 Å². The van der Waals surface area contributed by atoms with E-state index in [-0.39, 0.29) is 12.3 Å². The van der Waals surface area contributed by atoms with Gasteiger partial charge in [-0.25, -0.2) is 4.39 Å². The minimum absolute atomic E-state index is 0.139. The monoisotopic (exact) mass is 246 g/mol. The molecule has 0 spiro atoms. The molecule has 0 saturated carbocycles. The highest BCUT2D eigenvalue weighted by molar-refractivity contribution is 5.95. The normalized spacial score (nSPS) is 10.7. The molecule has 0 aliphatic heterocycles. The molecule has 1 aromatic heterocycles. The Balaban J connectivity index is 2.24. The third kappa shape index (κ3) is 2.32. The van der Waals surface area contributed by atoms with Crippen molar-refractivity contribution in [3.05, 3.63) is 52.6 Å². The molecule has 0 amide bonds. The van der Waals surface area contributed by atoms with E-state index in [0.717, 1.165) is 17.0 Å². The van der Waals surface area contributed by atoms with Gasteiger partial charge in [0.15, 0.2) is 5.78 Å². The molecular weight excluding hydrogens is 231 g/mol. The lowest BCUT2D eigenvalue weighted by atomic mass is 10.1. The molecule has 2 aromatic rings. The van der Waals surface area contributed by atoms with Crippen LogP contribution in [0.4, 0.5) is 4.39 Å². The minimum atomic E-state index is -0.398. The lowest BCUT2D eigenvalue weighted by molar-refractivity contribution is 0.0966. The fraction of sp³-hybridized carbons (Fsp3) is 0.286. The Morgan fingerprint density at radius 2 is 2.06 bits per heavy atom. The fourth-order valence-electron chi connectivity index (χ4n) is 1.83. The Labute approximate surface area is 105 Å². The van der Waals surface area contributed by atoms with E-state index in [2.05, 4.69) is 5.10 Å². The summed E-state index contributed by atoms with van der Waals surface area (Å²) >= 11 is 0. The quantitative estimate of drug-likeness (QED) is 0.780. The molecular formula is C14H15FN2O. The largest absolute Gasteiger partial charge is 0.292 e. The van der Waals surface area contributed by atoms with E-state index >= 15 is 0 Å². The Kier molecular flexibility index (Phi) is 3.28. The molecule has 2 rings (SSSR count). The molecule has 4 heteroatoms. The molecule has 0 bridgehead atoms. The van der Waals surface area contributed by atoms with Gasteiger partial charge in [-0.05, 0) is 38.5 Å². The predicted molar refractivity (Wildman–Crippen MR) is 67.2 cm³/mol. The molecule has 94 valence electrons. The summed E-state index contributed by atoms with van der Waals surface area (Å²) in [6.07, 6.45) is 0. The molecule has 18 heavy (non-hydrogen) atoms. The number of rotatable bonds is 3. The van der Waals surface area contributed by atoms with Gasteiger partial charge in [-0.3, -0.25) is 9.48 Å². The molecule has 0 atom stereocenters. The lowest BCUT2D eigenvalue weighted by Crippen LogP contribution is -2.13. The number of aryl methyl sites for hydroxylation is 1. The van der Waals surface area contributed by atoms with Crippen molar-refractivity contribution in [1.29, 1.82) is 0 Å². The van der Waals surface area contributed by atoms with Gasteiger partial charge in [0.05, 0.1) is 5.69 Å². The minimum Gasteiger partial charge on any atom is -0.292 e. The Bertz CT molecular complexity index is 602. The Morgan fingerprint density at radius 1 is 1.33 bits per heavy atom. The van der Waals surface area contributed by atoms with Crippen molar-refractivity contribution in [2.45, 2.75) is 27.3 Å². The van der Waals surface area contributed by atoms with Gasteiger partial charge in [0.2, 0.25) is 0 Å². The number of ketones is 1. The van der Waals surface area contributed by atoms with Crippen molar-refractivity contribution in [2.24, 2.45) is 0 Å². The second-order valence-electron chi connectivity index (χ2n) is 4.39. The van der Waals surface area contributed by atoms with E-state index in [4.69, 9.17) is 0 Å². The third-order valence-electron chi connectivity index (χ3n) is 3.18. The van der Waals surface area contributed by atoms with Crippen LogP contribution < -0.4 is 0 Å². The SMILES string of the molecule is Cc1nn(CC(=O)c2cccc(F)c2)c(C)c1C. The summed E-state index contributed by atoms with van der Waals surface area (Å²) in [6, 6.07) is 5.73. The molecule has 0 saturated heterocycles. The zero-order valence-electron chi connectivity index (χ0n) is 10.7. The molecule has 0 N–H and O–H groups in total. The van der Waals surface area contributed by atoms with Gasteiger partial charge in [-0.1, -0.05) is 12.1 Å². The standard InChI is InChI=1S/C14H15FN2O/c1-9-10(2)16-17(11(9)3)8-14(18)12-5-4-6-13(15)7-12/h4-7H,8H2,1-3H3. The highest BCUT2D eigenvalue weighted by Gasteiger charge is 2.12. The highest BCUT2D eigenvalue weighted by atomic mass is 19.1. The second-order valence-corrected chi connectivity index (χ2v) is 4.39. The van der Waals surface area contributed by atoms with Crippen molar-refractivity contribution in [3.8, 4) is 0 Å². The van der Waals surface area contributed by atoms with Crippen molar-refractivity contribution in [2.75, 3.05) is 0 Å². The van der Waals surface area contributed by atoms with Crippen molar-refractivity contribution in [3.63, 3.8) is 0 Å². The summed E-state index contributed by atoms with van der Waals surface area (Å²) in [6.45, 7) is 5.95. The summed E-state index contributed by atoms with van der Waals surface area (Å²) in [5.74, 6) is -0.537. The average Bonchev–Trinajstić information content (AvgIpc) is 2.57. The second kappa shape index (κ2) is 4.72. The number of hydrogen-bond acceptors (Lipinski definition) is 2. The van der Waals surface area contributed by atoms with Crippen LogP contribution in [-0.2, 0) is 6.54 Å². The van der Waals surface area contributed by atoms with Gasteiger partial charge in [-0.15, -0.1) is 0 Å². The van der Waals surface area contributed by atoms with Gasteiger partial charge < -0.3 is 0 Å². The topological polar surface area (TPSA) is 34.9 Å². The molecule has 0 radical (unpaired) electrons. The van der Waals surface area contributed by atoms with Crippen LogP contribution in [0.2, 0.25) is 0 Å². The van der Waals surface area contributed by atoms with Gasteiger partial charge in [-0.2, -0.15) is 5.10 Å². The summed E-state index contributed by atoms with van der Waals surface area (Å²) in [5, 5.41) is 4.30. The van der Waals surface area contributed by atoms with Crippen molar-refractivity contribution < 1.29 is 9.18 Å². The maximum Gasteiger partial charge on any atom is 0.184 e. The summed E-state index contributed by atoms with van der Waals surface area (Å²) in [4.78, 5) is 12.0. The van der Waals surface area contributed by atoms with E-state index in [1.165, 1.54) is 18.2 Å². The molecule has 3 nitrogen and oxygen atoms in total.